The lowest BCUT2D eigenvalue weighted by atomic mass is 9.93. The minimum Gasteiger partial charge on any atom is -0.486 e. The number of nitrogens with zero attached hydrogens (tertiary/aromatic N) is 3. The maximum Gasteiger partial charge on any atom is 0.327 e. The van der Waals surface area contributed by atoms with Gasteiger partial charge in [-0.3, -0.25) is 4.79 Å². The van der Waals surface area contributed by atoms with Gasteiger partial charge in [-0.15, -0.1) is 5.10 Å². The van der Waals surface area contributed by atoms with E-state index in [0.29, 0.717) is 41.8 Å². The SMILES string of the molecule is CCOC(=O)Cn1nc(NC2=CC=CC(C(C)(F)F)C2)nc1-c1ccc2c(c1)OCCO2. The number of carbonyl (C=O) groups excluding carboxylic acids is 1. The van der Waals surface area contributed by atoms with Crippen molar-refractivity contribution in [3.05, 3.63) is 42.1 Å². The van der Waals surface area contributed by atoms with Crippen LogP contribution in [0.2, 0.25) is 0 Å². The van der Waals surface area contributed by atoms with Crippen molar-refractivity contribution in [2.45, 2.75) is 32.7 Å². The van der Waals surface area contributed by atoms with Gasteiger partial charge >= 0.3 is 5.97 Å². The maximum absolute atomic E-state index is 13.7. The van der Waals surface area contributed by atoms with Gasteiger partial charge in [0.15, 0.2) is 17.3 Å². The molecule has 170 valence electrons. The second kappa shape index (κ2) is 8.97. The molecule has 2 aliphatic rings. The summed E-state index contributed by atoms with van der Waals surface area (Å²) in [7, 11) is 0. The Bertz CT molecular complexity index is 1060. The summed E-state index contributed by atoms with van der Waals surface area (Å²) in [5, 5.41) is 7.38. The van der Waals surface area contributed by atoms with Crippen molar-refractivity contribution in [2.24, 2.45) is 5.92 Å². The monoisotopic (exact) mass is 446 g/mol. The molecular formula is C22H24F2N4O4. The van der Waals surface area contributed by atoms with E-state index in [1.165, 1.54) is 10.8 Å². The standard InChI is InChI=1S/C22H24F2N4O4/c1-3-30-19(29)13-28-20(14-7-8-17-18(11-14)32-10-9-31-17)26-21(27-28)25-16-6-4-5-15(12-16)22(2,23)24/h4-8,11,15H,3,9-10,12-13H2,1-2H3,(H,25,27). The Labute approximate surface area is 183 Å². The summed E-state index contributed by atoms with van der Waals surface area (Å²) in [6.45, 7) is 3.61. The highest BCUT2D eigenvalue weighted by Gasteiger charge is 2.33. The van der Waals surface area contributed by atoms with Crippen molar-refractivity contribution in [3.8, 4) is 22.9 Å². The molecule has 0 saturated carbocycles. The fourth-order valence-electron chi connectivity index (χ4n) is 3.49. The van der Waals surface area contributed by atoms with Gasteiger partial charge in [0.1, 0.15) is 19.8 Å². The van der Waals surface area contributed by atoms with E-state index in [0.717, 1.165) is 6.92 Å². The lowest BCUT2D eigenvalue weighted by Gasteiger charge is -2.24. The molecular weight excluding hydrogens is 422 g/mol. The fraction of sp³-hybridized carbons (Fsp3) is 0.409. The Hall–Kier alpha value is -3.43. The van der Waals surface area contributed by atoms with Gasteiger partial charge in [0, 0.05) is 17.2 Å². The van der Waals surface area contributed by atoms with Crippen molar-refractivity contribution in [1.82, 2.24) is 14.8 Å². The number of aromatic nitrogens is 3. The summed E-state index contributed by atoms with van der Waals surface area (Å²) in [5.74, 6) is -2.43. The van der Waals surface area contributed by atoms with Crippen LogP contribution in [0.1, 0.15) is 20.3 Å². The van der Waals surface area contributed by atoms with Crippen LogP contribution in [0.3, 0.4) is 0 Å². The first-order valence-corrected chi connectivity index (χ1v) is 10.4. The number of hydrogen-bond acceptors (Lipinski definition) is 7. The van der Waals surface area contributed by atoms with E-state index in [-0.39, 0.29) is 25.5 Å². The molecule has 1 aliphatic carbocycles. The number of fused-ring (bicyclic) bond motifs is 1. The second-order valence-electron chi connectivity index (χ2n) is 7.55. The maximum atomic E-state index is 13.7. The van der Waals surface area contributed by atoms with Crippen LogP contribution in [0.5, 0.6) is 11.5 Å². The van der Waals surface area contributed by atoms with Crippen LogP contribution in [0.15, 0.2) is 42.1 Å². The first-order valence-electron chi connectivity index (χ1n) is 10.4. The number of nitrogens with one attached hydrogen (secondary N) is 1. The predicted octanol–water partition coefficient (Wildman–Crippen LogP) is 3.81. The molecule has 10 heteroatoms. The smallest absolute Gasteiger partial charge is 0.327 e. The summed E-state index contributed by atoms with van der Waals surface area (Å²) >= 11 is 0. The van der Waals surface area contributed by atoms with E-state index in [1.54, 1.807) is 37.3 Å². The molecule has 1 aromatic carbocycles. The lowest BCUT2D eigenvalue weighted by molar-refractivity contribution is -0.144. The van der Waals surface area contributed by atoms with Crippen molar-refractivity contribution in [2.75, 3.05) is 25.1 Å². The highest BCUT2D eigenvalue weighted by molar-refractivity contribution is 5.71. The van der Waals surface area contributed by atoms with Gasteiger partial charge in [-0.05, 0) is 44.5 Å². The number of ether oxygens (including phenoxy) is 3. The molecule has 2 aromatic rings. The molecule has 1 N–H and O–H groups in total. The van der Waals surface area contributed by atoms with Crippen molar-refractivity contribution in [3.63, 3.8) is 0 Å². The minimum atomic E-state index is -2.84. The normalized spacial score (nSPS) is 17.6. The molecule has 1 aromatic heterocycles. The third-order valence-electron chi connectivity index (χ3n) is 5.06. The van der Waals surface area contributed by atoms with Gasteiger partial charge in [-0.1, -0.05) is 12.2 Å². The summed E-state index contributed by atoms with van der Waals surface area (Å²) in [6, 6.07) is 5.32. The van der Waals surface area contributed by atoms with Crippen LogP contribution in [-0.4, -0.2) is 46.5 Å². The zero-order chi connectivity index (χ0) is 22.7. The first-order chi connectivity index (χ1) is 15.3. The fourth-order valence-corrected chi connectivity index (χ4v) is 3.49. The van der Waals surface area contributed by atoms with Gasteiger partial charge in [0.25, 0.3) is 5.92 Å². The van der Waals surface area contributed by atoms with Gasteiger partial charge in [-0.2, -0.15) is 4.98 Å². The zero-order valence-electron chi connectivity index (χ0n) is 17.8. The summed E-state index contributed by atoms with van der Waals surface area (Å²) < 4.78 is 45.1. The first kappa shape index (κ1) is 21.8. The number of anilines is 1. The number of benzene rings is 1. The molecule has 1 atom stereocenters. The molecule has 0 radical (unpaired) electrons. The molecule has 1 unspecified atom stereocenters. The van der Waals surface area contributed by atoms with Crippen LogP contribution < -0.4 is 14.8 Å². The third-order valence-corrected chi connectivity index (χ3v) is 5.06. The number of esters is 1. The largest absolute Gasteiger partial charge is 0.486 e. The Morgan fingerprint density at radius 2 is 2.09 bits per heavy atom. The number of rotatable bonds is 7. The highest BCUT2D eigenvalue weighted by atomic mass is 19.3. The molecule has 32 heavy (non-hydrogen) atoms. The predicted molar refractivity (Wildman–Crippen MR) is 113 cm³/mol. The van der Waals surface area contributed by atoms with E-state index in [4.69, 9.17) is 14.2 Å². The highest BCUT2D eigenvalue weighted by Crippen LogP contribution is 2.35. The van der Waals surface area contributed by atoms with Gasteiger partial charge in [-0.25, -0.2) is 13.5 Å². The number of carbonyl (C=O) groups is 1. The van der Waals surface area contributed by atoms with Gasteiger partial charge in [0.05, 0.1) is 6.61 Å². The third kappa shape index (κ3) is 4.90. The molecule has 0 fully saturated rings. The molecule has 4 rings (SSSR count). The molecule has 1 aliphatic heterocycles. The van der Waals surface area contributed by atoms with Crippen LogP contribution >= 0.6 is 0 Å². The van der Waals surface area contributed by atoms with E-state index in [1.807, 2.05) is 0 Å². The molecule has 8 nitrogen and oxygen atoms in total. The van der Waals surface area contributed by atoms with Crippen LogP contribution in [0.25, 0.3) is 11.4 Å². The molecule has 0 spiro atoms. The van der Waals surface area contributed by atoms with E-state index >= 15 is 0 Å². The number of hydrogen-bond donors (Lipinski definition) is 1. The average molecular weight is 446 g/mol. The van der Waals surface area contributed by atoms with Crippen molar-refractivity contribution < 1.29 is 27.8 Å². The van der Waals surface area contributed by atoms with E-state index in [9.17, 15) is 13.6 Å². The van der Waals surface area contributed by atoms with Crippen molar-refractivity contribution >= 4 is 11.9 Å². The Kier molecular flexibility index (Phi) is 6.11. The van der Waals surface area contributed by atoms with Crippen LogP contribution in [-0.2, 0) is 16.1 Å². The zero-order valence-corrected chi connectivity index (χ0v) is 17.8. The topological polar surface area (TPSA) is 87.5 Å². The quantitative estimate of drug-likeness (QED) is 0.647. The number of halogens is 2. The van der Waals surface area contributed by atoms with Gasteiger partial charge < -0.3 is 19.5 Å². The Morgan fingerprint density at radius 1 is 1.31 bits per heavy atom. The molecule has 0 amide bonds. The molecule has 0 saturated heterocycles. The Morgan fingerprint density at radius 3 is 2.84 bits per heavy atom. The molecule has 2 heterocycles. The minimum absolute atomic E-state index is 0.117. The lowest BCUT2D eigenvalue weighted by Crippen LogP contribution is -2.25. The average Bonchev–Trinajstić information content (AvgIpc) is 3.15. The van der Waals surface area contributed by atoms with E-state index in [2.05, 4.69) is 15.4 Å². The van der Waals surface area contributed by atoms with E-state index < -0.39 is 17.8 Å². The number of alkyl halides is 2. The van der Waals surface area contributed by atoms with Crippen LogP contribution in [0, 0.1) is 5.92 Å². The summed E-state index contributed by atoms with van der Waals surface area (Å²) in [5.41, 5.74) is 1.22. The second-order valence-corrected chi connectivity index (χ2v) is 7.55. The van der Waals surface area contributed by atoms with Crippen molar-refractivity contribution in [1.29, 1.82) is 0 Å². The van der Waals surface area contributed by atoms with Gasteiger partial charge in [0.2, 0.25) is 5.95 Å². The van der Waals surface area contributed by atoms with Crippen LogP contribution in [0.4, 0.5) is 14.7 Å². The summed E-state index contributed by atoms with van der Waals surface area (Å²) in [4.78, 5) is 16.6. The number of allylic oxidation sites excluding steroid dienone is 4. The molecule has 0 bridgehead atoms. The Balaban J connectivity index is 1.62. The summed E-state index contributed by atoms with van der Waals surface area (Å²) in [6.07, 6.45) is 4.90.